The average Bonchev–Trinajstić information content (AvgIpc) is 3.04. The minimum Gasteiger partial charge on any atom is -0.508 e. The third-order valence-corrected chi connectivity index (χ3v) is 4.93. The van der Waals surface area contributed by atoms with Crippen molar-refractivity contribution in [3.63, 3.8) is 0 Å². The molecule has 0 aliphatic carbocycles. The summed E-state index contributed by atoms with van der Waals surface area (Å²) >= 11 is 0. The zero-order valence-corrected chi connectivity index (χ0v) is 17.5. The van der Waals surface area contributed by atoms with Crippen LogP contribution in [-0.4, -0.2) is 35.5 Å². The molecular weight excluding hydrogens is 388 g/mol. The highest BCUT2D eigenvalue weighted by molar-refractivity contribution is 5.72. The molecule has 30 heavy (non-hydrogen) atoms. The second-order valence-electron chi connectivity index (χ2n) is 7.73. The summed E-state index contributed by atoms with van der Waals surface area (Å²) in [5, 5.41) is 18.8. The molecule has 0 aliphatic heterocycles. The third-order valence-electron chi connectivity index (χ3n) is 4.93. The van der Waals surface area contributed by atoms with Crippen molar-refractivity contribution in [2.24, 2.45) is 13.0 Å². The maximum absolute atomic E-state index is 13.2. The number of aromatic nitrogens is 4. The molecule has 0 radical (unpaired) electrons. The van der Waals surface area contributed by atoms with Crippen LogP contribution in [0.3, 0.4) is 0 Å². The van der Waals surface area contributed by atoms with Gasteiger partial charge in [-0.2, -0.15) is 4.98 Å². The van der Waals surface area contributed by atoms with Crippen LogP contribution in [0.25, 0.3) is 11.2 Å². The van der Waals surface area contributed by atoms with E-state index in [1.165, 1.54) is 16.7 Å². The first kappa shape index (κ1) is 21.6. The number of aryl methyl sites for hydroxylation is 2. The molecule has 0 unspecified atom stereocenters. The maximum atomic E-state index is 13.2. The topological polar surface area (TPSA) is 112 Å². The number of imidazole rings is 1. The average molecular weight is 416 g/mol. The Morgan fingerprint density at radius 3 is 2.53 bits per heavy atom. The Balaban J connectivity index is 2.16. The van der Waals surface area contributed by atoms with Gasteiger partial charge >= 0.3 is 11.7 Å². The quantitative estimate of drug-likeness (QED) is 0.553. The summed E-state index contributed by atoms with van der Waals surface area (Å²) in [4.78, 5) is 30.3. The second-order valence-corrected chi connectivity index (χ2v) is 7.73. The van der Waals surface area contributed by atoms with E-state index in [0.717, 1.165) is 17.4 Å². The van der Waals surface area contributed by atoms with Gasteiger partial charge < -0.3 is 14.9 Å². The third kappa shape index (κ3) is 4.40. The highest BCUT2D eigenvalue weighted by Gasteiger charge is 2.21. The van der Waals surface area contributed by atoms with Crippen LogP contribution in [0.5, 0.6) is 17.5 Å². The number of phenolic OH excluding ortho intramolecular Hbond substituents is 1. The number of aliphatic hydroxyl groups excluding tert-OH is 1. The normalized spacial score (nSPS) is 11.5. The number of nitrogens with zero attached hydrogens (tertiary/aromatic N) is 4. The standard InChI is InChI=1S/C21H28N4O5/c1-14(2)7-5-10-24-17-18(22-20(24)30-16-9-4-8-15(27)13-16)23(3)21(29)25(19(17)28)11-6-12-26/h4,8-9,13-14,26-27H,5-7,10-12H2,1-3H3. The van der Waals surface area contributed by atoms with Crippen LogP contribution < -0.4 is 16.0 Å². The molecule has 2 N–H and O–H groups in total. The lowest BCUT2D eigenvalue weighted by Crippen LogP contribution is -2.39. The Bertz CT molecular complexity index is 1140. The summed E-state index contributed by atoms with van der Waals surface area (Å²) in [6.45, 7) is 4.75. The van der Waals surface area contributed by atoms with Gasteiger partial charge in [0.2, 0.25) is 0 Å². The van der Waals surface area contributed by atoms with Crippen LogP contribution in [0, 0.1) is 5.92 Å². The smallest absolute Gasteiger partial charge is 0.332 e. The molecular formula is C21H28N4O5. The van der Waals surface area contributed by atoms with Crippen LogP contribution >= 0.6 is 0 Å². The van der Waals surface area contributed by atoms with E-state index in [1.807, 2.05) is 0 Å². The van der Waals surface area contributed by atoms with Gasteiger partial charge in [-0.25, -0.2) is 4.79 Å². The van der Waals surface area contributed by atoms with Gasteiger partial charge in [-0.15, -0.1) is 0 Å². The van der Waals surface area contributed by atoms with Crippen molar-refractivity contribution in [3.8, 4) is 17.5 Å². The van der Waals surface area contributed by atoms with E-state index in [-0.39, 0.29) is 36.1 Å². The zero-order valence-electron chi connectivity index (χ0n) is 17.5. The molecule has 0 aliphatic rings. The molecule has 1 aromatic carbocycles. The van der Waals surface area contributed by atoms with Crippen LogP contribution in [0.1, 0.15) is 33.1 Å². The van der Waals surface area contributed by atoms with Gasteiger partial charge in [-0.05, 0) is 37.3 Å². The Morgan fingerprint density at radius 1 is 1.13 bits per heavy atom. The lowest BCUT2D eigenvalue weighted by Gasteiger charge is -2.12. The first-order chi connectivity index (χ1) is 14.3. The fourth-order valence-corrected chi connectivity index (χ4v) is 3.37. The molecule has 0 saturated carbocycles. The Labute approximate surface area is 173 Å². The molecule has 3 rings (SSSR count). The summed E-state index contributed by atoms with van der Waals surface area (Å²) < 4.78 is 10.0. The first-order valence-electron chi connectivity index (χ1n) is 10.1. The fourth-order valence-electron chi connectivity index (χ4n) is 3.37. The number of hydrogen-bond acceptors (Lipinski definition) is 6. The van der Waals surface area contributed by atoms with Crippen LogP contribution in [0.15, 0.2) is 33.9 Å². The van der Waals surface area contributed by atoms with Crippen molar-refractivity contribution in [2.75, 3.05) is 6.61 Å². The van der Waals surface area contributed by atoms with Crippen molar-refractivity contribution >= 4 is 11.2 Å². The second kappa shape index (κ2) is 9.17. The molecule has 0 saturated heterocycles. The Kier molecular flexibility index (Phi) is 6.61. The number of rotatable bonds is 9. The van der Waals surface area contributed by atoms with Crippen molar-refractivity contribution < 1.29 is 14.9 Å². The monoisotopic (exact) mass is 416 g/mol. The molecule has 162 valence electrons. The number of ether oxygens (including phenoxy) is 1. The fraction of sp³-hybridized carbons (Fsp3) is 0.476. The highest BCUT2D eigenvalue weighted by atomic mass is 16.5. The number of aliphatic hydroxyl groups is 1. The van der Waals surface area contributed by atoms with E-state index < -0.39 is 11.2 Å². The van der Waals surface area contributed by atoms with E-state index in [1.54, 1.807) is 23.7 Å². The predicted octanol–water partition coefficient (Wildman–Crippen LogP) is 2.21. The van der Waals surface area contributed by atoms with Gasteiger partial charge in [0.1, 0.15) is 11.5 Å². The van der Waals surface area contributed by atoms with Crippen molar-refractivity contribution in [1.82, 2.24) is 18.7 Å². The zero-order chi connectivity index (χ0) is 21.8. The van der Waals surface area contributed by atoms with E-state index in [9.17, 15) is 14.7 Å². The van der Waals surface area contributed by atoms with Gasteiger partial charge in [0.15, 0.2) is 11.2 Å². The summed E-state index contributed by atoms with van der Waals surface area (Å²) in [5.74, 6) is 0.926. The summed E-state index contributed by atoms with van der Waals surface area (Å²) in [5.41, 5.74) is -0.417. The van der Waals surface area contributed by atoms with E-state index in [2.05, 4.69) is 18.8 Å². The van der Waals surface area contributed by atoms with E-state index in [0.29, 0.717) is 24.6 Å². The summed E-state index contributed by atoms with van der Waals surface area (Å²) in [7, 11) is 1.56. The van der Waals surface area contributed by atoms with Crippen molar-refractivity contribution in [1.29, 1.82) is 0 Å². The molecule has 9 heteroatoms. The maximum Gasteiger partial charge on any atom is 0.332 e. The van der Waals surface area contributed by atoms with Gasteiger partial charge in [-0.3, -0.25) is 18.5 Å². The number of benzene rings is 1. The highest BCUT2D eigenvalue weighted by Crippen LogP contribution is 2.27. The molecule has 0 fully saturated rings. The molecule has 2 aromatic heterocycles. The van der Waals surface area contributed by atoms with Crippen molar-refractivity contribution in [2.45, 2.75) is 46.2 Å². The van der Waals surface area contributed by atoms with Crippen molar-refractivity contribution in [3.05, 3.63) is 45.1 Å². The molecule has 3 aromatic rings. The van der Waals surface area contributed by atoms with Crippen LogP contribution in [0.2, 0.25) is 0 Å². The number of fused-ring (bicyclic) bond motifs is 1. The van der Waals surface area contributed by atoms with E-state index >= 15 is 0 Å². The van der Waals surface area contributed by atoms with Gasteiger partial charge in [0.05, 0.1) is 0 Å². The van der Waals surface area contributed by atoms with Gasteiger partial charge in [0.25, 0.3) is 5.56 Å². The SMILES string of the molecule is CC(C)CCCn1c(Oc2cccc(O)c2)nc2c1c(=O)n(CCCO)c(=O)n2C. The molecule has 9 nitrogen and oxygen atoms in total. The molecule has 0 amide bonds. The molecule has 0 atom stereocenters. The first-order valence-corrected chi connectivity index (χ1v) is 10.1. The Morgan fingerprint density at radius 2 is 1.87 bits per heavy atom. The molecule has 0 bridgehead atoms. The largest absolute Gasteiger partial charge is 0.508 e. The summed E-state index contributed by atoms with van der Waals surface area (Å²) in [6.07, 6.45) is 2.06. The van der Waals surface area contributed by atoms with Crippen LogP contribution in [0.4, 0.5) is 0 Å². The van der Waals surface area contributed by atoms with Gasteiger partial charge in [0, 0.05) is 32.8 Å². The number of aromatic hydroxyl groups is 1. The van der Waals surface area contributed by atoms with Crippen LogP contribution in [-0.2, 0) is 20.1 Å². The van der Waals surface area contributed by atoms with E-state index in [4.69, 9.17) is 9.84 Å². The predicted molar refractivity (Wildman–Crippen MR) is 113 cm³/mol. The lowest BCUT2D eigenvalue weighted by molar-refractivity contribution is 0.277. The number of hydrogen-bond donors (Lipinski definition) is 2. The number of phenols is 1. The molecule has 0 spiro atoms. The molecule has 2 heterocycles. The Hall–Kier alpha value is -3.07. The minimum absolute atomic E-state index is 0.0497. The summed E-state index contributed by atoms with van der Waals surface area (Å²) in [6, 6.07) is 6.49. The lowest BCUT2D eigenvalue weighted by atomic mass is 10.1. The van der Waals surface area contributed by atoms with Gasteiger partial charge in [-0.1, -0.05) is 19.9 Å². The minimum atomic E-state index is -0.489.